The van der Waals surface area contributed by atoms with E-state index in [1.807, 2.05) is 0 Å². The number of piperidine rings is 1. The number of alkyl halides is 3. The molecule has 2 fully saturated rings. The van der Waals surface area contributed by atoms with Crippen molar-refractivity contribution in [1.82, 2.24) is 10.2 Å². The van der Waals surface area contributed by atoms with Crippen molar-refractivity contribution < 1.29 is 27.6 Å². The Hall–Kier alpha value is -2.58. The topological polar surface area (TPSA) is 69.7 Å². The quantitative estimate of drug-likeness (QED) is 0.810. The number of rotatable bonds is 5. The maximum absolute atomic E-state index is 12.9. The van der Waals surface area contributed by atoms with Gasteiger partial charge >= 0.3 is 6.18 Å². The van der Waals surface area contributed by atoms with E-state index in [0.29, 0.717) is 0 Å². The highest BCUT2D eigenvalue weighted by Crippen LogP contribution is 2.33. The molecule has 2 saturated heterocycles. The van der Waals surface area contributed by atoms with Crippen LogP contribution in [0, 0.1) is 5.92 Å². The summed E-state index contributed by atoms with van der Waals surface area (Å²) in [6.45, 7) is 1.69. The van der Waals surface area contributed by atoms with Gasteiger partial charge in [0.25, 0.3) is 0 Å². The Kier molecular flexibility index (Phi) is 6.44. The van der Waals surface area contributed by atoms with Gasteiger partial charge in [0.05, 0.1) is 11.5 Å². The molecule has 3 rings (SSSR count). The second-order valence-electron chi connectivity index (χ2n) is 7.44. The Morgan fingerprint density at radius 1 is 1.14 bits per heavy atom. The van der Waals surface area contributed by atoms with E-state index in [2.05, 4.69) is 5.32 Å². The minimum Gasteiger partial charge on any atom is -0.355 e. The zero-order valence-corrected chi connectivity index (χ0v) is 16.0. The molecule has 0 aromatic heterocycles. The first-order valence-electron chi connectivity index (χ1n) is 9.79. The number of hydrogen-bond acceptors (Lipinski definition) is 3. The molecule has 2 aliphatic rings. The number of likely N-dealkylation sites (tertiary alicyclic amines) is 1. The fraction of sp³-hybridized carbons (Fsp3) is 0.550. The van der Waals surface area contributed by atoms with Crippen LogP contribution in [0.4, 0.5) is 18.9 Å². The SMILES string of the molecule is O=C(NCCC(=O)N1CCCCC1)C1CC(=O)N(c2cccc(C(F)(F)F)c2)C1. The van der Waals surface area contributed by atoms with Crippen molar-refractivity contribution in [2.75, 3.05) is 31.1 Å². The van der Waals surface area contributed by atoms with Gasteiger partial charge in [0, 0.05) is 44.7 Å². The predicted octanol–water partition coefficient (Wildman–Crippen LogP) is 2.58. The van der Waals surface area contributed by atoms with Crippen molar-refractivity contribution in [3.8, 4) is 0 Å². The average Bonchev–Trinajstić information content (AvgIpc) is 3.10. The lowest BCUT2D eigenvalue weighted by atomic mass is 10.1. The fourth-order valence-corrected chi connectivity index (χ4v) is 3.72. The van der Waals surface area contributed by atoms with E-state index in [9.17, 15) is 27.6 Å². The molecule has 0 spiro atoms. The van der Waals surface area contributed by atoms with Crippen LogP contribution in [0.1, 0.15) is 37.7 Å². The first-order valence-corrected chi connectivity index (χ1v) is 9.79. The number of benzene rings is 1. The van der Waals surface area contributed by atoms with E-state index in [1.165, 1.54) is 17.0 Å². The van der Waals surface area contributed by atoms with Crippen LogP contribution >= 0.6 is 0 Å². The van der Waals surface area contributed by atoms with E-state index in [4.69, 9.17) is 0 Å². The van der Waals surface area contributed by atoms with Gasteiger partial charge < -0.3 is 15.1 Å². The molecule has 6 nitrogen and oxygen atoms in total. The van der Waals surface area contributed by atoms with E-state index < -0.39 is 23.6 Å². The third kappa shape index (κ3) is 5.27. The first-order chi connectivity index (χ1) is 13.8. The van der Waals surface area contributed by atoms with Crippen molar-refractivity contribution in [3.63, 3.8) is 0 Å². The monoisotopic (exact) mass is 411 g/mol. The lowest BCUT2D eigenvalue weighted by molar-refractivity contribution is -0.137. The Morgan fingerprint density at radius 3 is 2.55 bits per heavy atom. The molecule has 0 aliphatic carbocycles. The van der Waals surface area contributed by atoms with Crippen molar-refractivity contribution >= 4 is 23.4 Å². The van der Waals surface area contributed by atoms with Gasteiger partial charge in [-0.2, -0.15) is 13.2 Å². The first kappa shape index (κ1) is 21.1. The van der Waals surface area contributed by atoms with E-state index in [1.54, 1.807) is 4.90 Å². The molecule has 2 aliphatic heterocycles. The van der Waals surface area contributed by atoms with Crippen molar-refractivity contribution in [1.29, 1.82) is 0 Å². The molecule has 0 bridgehead atoms. The Balaban J connectivity index is 1.52. The van der Waals surface area contributed by atoms with Gasteiger partial charge in [0.2, 0.25) is 17.7 Å². The Bertz CT molecular complexity index is 776. The number of amides is 3. The van der Waals surface area contributed by atoms with Gasteiger partial charge in [0.1, 0.15) is 0 Å². The third-order valence-electron chi connectivity index (χ3n) is 5.33. The smallest absolute Gasteiger partial charge is 0.355 e. The molecule has 158 valence electrons. The molecule has 2 heterocycles. The predicted molar refractivity (Wildman–Crippen MR) is 100.0 cm³/mol. The standard InChI is InChI=1S/C20H24F3N3O3/c21-20(22,23)15-5-4-6-16(12-15)26-13-14(11-18(26)28)19(29)24-8-7-17(27)25-9-2-1-3-10-25/h4-6,12,14H,1-3,7-11,13H2,(H,24,29). The number of nitrogens with one attached hydrogen (secondary N) is 1. The van der Waals surface area contributed by atoms with Gasteiger partial charge in [-0.05, 0) is 37.5 Å². The molecule has 29 heavy (non-hydrogen) atoms. The number of halogens is 3. The van der Waals surface area contributed by atoms with Crippen molar-refractivity contribution in [2.45, 2.75) is 38.3 Å². The van der Waals surface area contributed by atoms with E-state index in [0.717, 1.165) is 44.5 Å². The lowest BCUT2D eigenvalue weighted by Gasteiger charge is -2.26. The summed E-state index contributed by atoms with van der Waals surface area (Å²) in [6, 6.07) is 4.51. The van der Waals surface area contributed by atoms with Crippen LogP contribution in [0.5, 0.6) is 0 Å². The van der Waals surface area contributed by atoms with Gasteiger partial charge in [-0.3, -0.25) is 14.4 Å². The second-order valence-corrected chi connectivity index (χ2v) is 7.44. The normalized spacial score (nSPS) is 20.1. The largest absolute Gasteiger partial charge is 0.416 e. The number of carbonyl (C=O) groups is 3. The summed E-state index contributed by atoms with van der Waals surface area (Å²) in [6.07, 6.45) is -1.26. The molecular weight excluding hydrogens is 387 g/mol. The van der Waals surface area contributed by atoms with Crippen molar-refractivity contribution in [2.24, 2.45) is 5.92 Å². The zero-order valence-electron chi connectivity index (χ0n) is 16.0. The number of anilines is 1. The molecular formula is C20H24F3N3O3. The van der Waals surface area contributed by atoms with Crippen LogP contribution in [-0.2, 0) is 20.6 Å². The lowest BCUT2D eigenvalue weighted by Crippen LogP contribution is -2.39. The summed E-state index contributed by atoms with van der Waals surface area (Å²) < 4.78 is 38.7. The molecule has 0 radical (unpaired) electrons. The summed E-state index contributed by atoms with van der Waals surface area (Å²) in [5, 5.41) is 2.68. The summed E-state index contributed by atoms with van der Waals surface area (Å²) >= 11 is 0. The molecule has 1 unspecified atom stereocenters. The number of nitrogens with zero attached hydrogens (tertiary/aromatic N) is 2. The molecule has 1 aromatic rings. The Morgan fingerprint density at radius 2 is 1.86 bits per heavy atom. The van der Waals surface area contributed by atoms with Crippen LogP contribution in [0.15, 0.2) is 24.3 Å². The van der Waals surface area contributed by atoms with Gasteiger partial charge in [-0.15, -0.1) is 0 Å². The average molecular weight is 411 g/mol. The van der Waals surface area contributed by atoms with Crippen LogP contribution in [0.2, 0.25) is 0 Å². The highest BCUT2D eigenvalue weighted by Gasteiger charge is 2.36. The minimum absolute atomic E-state index is 0.00177. The molecule has 3 amide bonds. The molecule has 9 heteroatoms. The van der Waals surface area contributed by atoms with Gasteiger partial charge in [-0.1, -0.05) is 6.07 Å². The summed E-state index contributed by atoms with van der Waals surface area (Å²) in [5.41, 5.74) is -0.715. The maximum atomic E-state index is 12.9. The summed E-state index contributed by atoms with van der Waals surface area (Å²) in [4.78, 5) is 39.7. The summed E-state index contributed by atoms with van der Waals surface area (Å²) in [5.74, 6) is -1.41. The van der Waals surface area contributed by atoms with Crippen LogP contribution in [-0.4, -0.2) is 48.8 Å². The van der Waals surface area contributed by atoms with Crippen molar-refractivity contribution in [3.05, 3.63) is 29.8 Å². The molecule has 1 atom stereocenters. The fourth-order valence-electron chi connectivity index (χ4n) is 3.72. The highest BCUT2D eigenvalue weighted by molar-refractivity contribution is 6.00. The summed E-state index contributed by atoms with van der Waals surface area (Å²) in [7, 11) is 0. The van der Waals surface area contributed by atoms with Gasteiger partial charge in [-0.25, -0.2) is 0 Å². The van der Waals surface area contributed by atoms with Crippen LogP contribution < -0.4 is 10.2 Å². The third-order valence-corrected chi connectivity index (χ3v) is 5.33. The Labute approximate surface area is 167 Å². The second kappa shape index (κ2) is 8.84. The van der Waals surface area contributed by atoms with E-state index >= 15 is 0 Å². The molecule has 0 saturated carbocycles. The van der Waals surface area contributed by atoms with Crippen LogP contribution in [0.25, 0.3) is 0 Å². The zero-order chi connectivity index (χ0) is 21.0. The maximum Gasteiger partial charge on any atom is 0.416 e. The molecule has 1 N–H and O–H groups in total. The van der Waals surface area contributed by atoms with Crippen LogP contribution in [0.3, 0.4) is 0 Å². The highest BCUT2D eigenvalue weighted by atomic mass is 19.4. The number of hydrogen-bond donors (Lipinski definition) is 1. The number of carbonyl (C=O) groups excluding carboxylic acids is 3. The van der Waals surface area contributed by atoms with E-state index in [-0.39, 0.29) is 43.4 Å². The molecule has 1 aromatic carbocycles. The minimum atomic E-state index is -4.50. The van der Waals surface area contributed by atoms with Gasteiger partial charge in [0.15, 0.2) is 0 Å².